The Kier molecular flexibility index (Phi) is 3.39. The second kappa shape index (κ2) is 5.12. The predicted octanol–water partition coefficient (Wildman–Crippen LogP) is 1.65. The van der Waals surface area contributed by atoms with E-state index in [4.69, 9.17) is 0 Å². The maximum absolute atomic E-state index is 12.4. The molecule has 0 aromatic heterocycles. The van der Waals surface area contributed by atoms with Crippen LogP contribution in [0.4, 0.5) is 10.5 Å². The van der Waals surface area contributed by atoms with Gasteiger partial charge in [0.05, 0.1) is 0 Å². The Balaban J connectivity index is 1.65. The van der Waals surface area contributed by atoms with E-state index in [2.05, 4.69) is 10.6 Å². The third kappa shape index (κ3) is 2.56. The van der Waals surface area contributed by atoms with Gasteiger partial charge < -0.3 is 10.6 Å². The van der Waals surface area contributed by atoms with E-state index in [1.165, 1.54) is 0 Å². The molecule has 0 radical (unpaired) electrons. The van der Waals surface area contributed by atoms with Crippen LogP contribution in [0, 0.1) is 12.8 Å². The Labute approximate surface area is 128 Å². The van der Waals surface area contributed by atoms with Gasteiger partial charge in [0, 0.05) is 5.69 Å². The number of nitrogens with one attached hydrogen (secondary N) is 2. The molecule has 0 unspecified atom stereocenters. The molecule has 1 aliphatic carbocycles. The van der Waals surface area contributed by atoms with E-state index in [9.17, 15) is 14.4 Å². The van der Waals surface area contributed by atoms with Crippen molar-refractivity contribution in [3.05, 3.63) is 29.8 Å². The highest BCUT2D eigenvalue weighted by Crippen LogP contribution is 2.42. The van der Waals surface area contributed by atoms with Crippen LogP contribution in [0.5, 0.6) is 0 Å². The zero-order chi connectivity index (χ0) is 15.9. The molecule has 1 heterocycles. The Morgan fingerprint density at radius 3 is 2.55 bits per heavy atom. The maximum Gasteiger partial charge on any atom is 0.325 e. The molecule has 1 saturated heterocycles. The Morgan fingerprint density at radius 1 is 1.32 bits per heavy atom. The maximum atomic E-state index is 12.4. The molecule has 3 rings (SSSR count). The Hall–Kier alpha value is -2.37. The third-order valence-electron chi connectivity index (χ3n) is 4.33. The fraction of sp³-hybridized carbons (Fsp3) is 0.438. The molecule has 1 aromatic carbocycles. The number of nitrogens with zero attached hydrogens (tertiary/aromatic N) is 1. The number of hydrogen-bond acceptors (Lipinski definition) is 3. The van der Waals surface area contributed by atoms with Gasteiger partial charge >= 0.3 is 6.03 Å². The van der Waals surface area contributed by atoms with E-state index in [0.717, 1.165) is 23.3 Å². The molecule has 1 atom stereocenters. The van der Waals surface area contributed by atoms with Crippen LogP contribution in [0.25, 0.3) is 0 Å². The summed E-state index contributed by atoms with van der Waals surface area (Å²) in [4.78, 5) is 37.5. The summed E-state index contributed by atoms with van der Waals surface area (Å²) in [5, 5.41) is 5.42. The van der Waals surface area contributed by atoms with Gasteiger partial charge in [0.15, 0.2) is 0 Å². The first-order valence-corrected chi connectivity index (χ1v) is 7.41. The smallest absolute Gasteiger partial charge is 0.325 e. The minimum Gasteiger partial charge on any atom is -0.325 e. The standard InChI is InChI=1S/C16H19N3O3/c1-10-3-7-12(8-4-10)17-13(20)9-19-14(21)16(2,11-5-6-11)18-15(19)22/h3-4,7-8,11H,5-6,9H2,1-2H3,(H,17,20)(H,18,22)/t16-/m1/s1. The van der Waals surface area contributed by atoms with Crippen molar-refractivity contribution in [3.8, 4) is 0 Å². The van der Waals surface area contributed by atoms with Gasteiger partial charge in [-0.2, -0.15) is 0 Å². The van der Waals surface area contributed by atoms with Crippen LogP contribution in [-0.4, -0.2) is 34.8 Å². The van der Waals surface area contributed by atoms with Crippen molar-refractivity contribution in [1.29, 1.82) is 0 Å². The molecule has 6 heteroatoms. The molecular weight excluding hydrogens is 282 g/mol. The van der Waals surface area contributed by atoms with Crippen LogP contribution in [0.15, 0.2) is 24.3 Å². The van der Waals surface area contributed by atoms with E-state index in [0.29, 0.717) is 5.69 Å². The highest BCUT2D eigenvalue weighted by molar-refractivity contribution is 6.10. The van der Waals surface area contributed by atoms with E-state index in [1.54, 1.807) is 19.1 Å². The van der Waals surface area contributed by atoms with Crippen molar-refractivity contribution in [2.24, 2.45) is 5.92 Å². The lowest BCUT2D eigenvalue weighted by Gasteiger charge is -2.20. The number of hydrogen-bond donors (Lipinski definition) is 2. The number of amides is 4. The lowest BCUT2D eigenvalue weighted by molar-refractivity contribution is -0.134. The van der Waals surface area contributed by atoms with Crippen LogP contribution in [0.3, 0.4) is 0 Å². The normalized spacial score (nSPS) is 24.4. The van der Waals surface area contributed by atoms with E-state index in [1.807, 2.05) is 19.1 Å². The number of urea groups is 1. The molecule has 1 aromatic rings. The van der Waals surface area contributed by atoms with Gasteiger partial charge in [0.25, 0.3) is 5.91 Å². The number of carbonyl (C=O) groups is 3. The van der Waals surface area contributed by atoms with Crippen LogP contribution in [0.1, 0.15) is 25.3 Å². The van der Waals surface area contributed by atoms with Crippen LogP contribution in [0.2, 0.25) is 0 Å². The molecule has 2 aliphatic rings. The zero-order valence-corrected chi connectivity index (χ0v) is 12.7. The summed E-state index contributed by atoms with van der Waals surface area (Å²) in [5.41, 5.74) is 0.890. The van der Waals surface area contributed by atoms with Crippen molar-refractivity contribution in [1.82, 2.24) is 10.2 Å². The first-order chi connectivity index (χ1) is 10.4. The highest BCUT2D eigenvalue weighted by Gasteiger charge is 2.56. The molecule has 22 heavy (non-hydrogen) atoms. The van der Waals surface area contributed by atoms with E-state index >= 15 is 0 Å². The summed E-state index contributed by atoms with van der Waals surface area (Å²) in [6.45, 7) is 3.43. The summed E-state index contributed by atoms with van der Waals surface area (Å²) in [5.74, 6) is -0.499. The van der Waals surface area contributed by atoms with Crippen molar-refractivity contribution in [2.75, 3.05) is 11.9 Å². The van der Waals surface area contributed by atoms with Crippen LogP contribution in [-0.2, 0) is 9.59 Å². The zero-order valence-electron chi connectivity index (χ0n) is 12.7. The summed E-state index contributed by atoms with van der Waals surface area (Å²) in [7, 11) is 0. The summed E-state index contributed by atoms with van der Waals surface area (Å²) in [6.07, 6.45) is 1.87. The fourth-order valence-electron chi connectivity index (χ4n) is 2.78. The number of anilines is 1. The molecule has 2 N–H and O–H groups in total. The van der Waals surface area contributed by atoms with Crippen molar-refractivity contribution in [2.45, 2.75) is 32.2 Å². The number of carbonyl (C=O) groups excluding carboxylic acids is 3. The second-order valence-electron chi connectivity index (χ2n) is 6.21. The van der Waals surface area contributed by atoms with E-state index < -0.39 is 11.6 Å². The summed E-state index contributed by atoms with van der Waals surface area (Å²) >= 11 is 0. The molecule has 116 valence electrons. The predicted molar refractivity (Wildman–Crippen MR) is 81.2 cm³/mol. The van der Waals surface area contributed by atoms with Gasteiger partial charge in [-0.1, -0.05) is 17.7 Å². The largest absolute Gasteiger partial charge is 0.325 e. The average molecular weight is 301 g/mol. The SMILES string of the molecule is Cc1ccc(NC(=O)CN2C(=O)N[C@](C)(C3CC3)C2=O)cc1. The highest BCUT2D eigenvalue weighted by atomic mass is 16.2. The number of aryl methyl sites for hydroxylation is 1. The van der Waals surface area contributed by atoms with Crippen molar-refractivity contribution in [3.63, 3.8) is 0 Å². The molecular formula is C16H19N3O3. The molecule has 4 amide bonds. The van der Waals surface area contributed by atoms with Crippen LogP contribution >= 0.6 is 0 Å². The minimum absolute atomic E-state index is 0.189. The molecule has 0 bridgehead atoms. The first kappa shape index (κ1) is 14.6. The second-order valence-corrected chi connectivity index (χ2v) is 6.21. The molecule has 2 fully saturated rings. The third-order valence-corrected chi connectivity index (χ3v) is 4.33. The van der Waals surface area contributed by atoms with Crippen LogP contribution < -0.4 is 10.6 Å². The summed E-state index contributed by atoms with van der Waals surface area (Å²) < 4.78 is 0. The monoisotopic (exact) mass is 301 g/mol. The summed E-state index contributed by atoms with van der Waals surface area (Å²) in [6, 6.07) is 6.85. The quantitative estimate of drug-likeness (QED) is 0.830. The first-order valence-electron chi connectivity index (χ1n) is 7.41. The van der Waals surface area contributed by atoms with Gasteiger partial charge in [-0.25, -0.2) is 4.79 Å². The fourth-order valence-corrected chi connectivity index (χ4v) is 2.78. The number of rotatable bonds is 4. The Bertz CT molecular complexity index is 637. The Morgan fingerprint density at radius 2 is 1.95 bits per heavy atom. The van der Waals surface area contributed by atoms with Gasteiger partial charge in [0.2, 0.25) is 5.91 Å². The topological polar surface area (TPSA) is 78.5 Å². The van der Waals surface area contributed by atoms with Crippen molar-refractivity contribution < 1.29 is 14.4 Å². The average Bonchev–Trinajstić information content (AvgIpc) is 3.28. The van der Waals surface area contributed by atoms with Gasteiger partial charge in [-0.15, -0.1) is 0 Å². The van der Waals surface area contributed by atoms with Gasteiger partial charge in [-0.3, -0.25) is 14.5 Å². The number of imide groups is 1. The molecule has 1 saturated carbocycles. The molecule has 0 spiro atoms. The lowest BCUT2D eigenvalue weighted by Crippen LogP contribution is -2.46. The number of benzene rings is 1. The minimum atomic E-state index is -0.846. The lowest BCUT2D eigenvalue weighted by atomic mass is 9.96. The molecule has 6 nitrogen and oxygen atoms in total. The van der Waals surface area contributed by atoms with E-state index in [-0.39, 0.29) is 24.3 Å². The van der Waals surface area contributed by atoms with Gasteiger partial charge in [0.1, 0.15) is 12.1 Å². The molecule has 1 aliphatic heterocycles. The van der Waals surface area contributed by atoms with Crippen molar-refractivity contribution >= 4 is 23.5 Å². The van der Waals surface area contributed by atoms with Gasteiger partial charge in [-0.05, 0) is 44.7 Å².